The van der Waals surface area contributed by atoms with E-state index < -0.39 is 0 Å². The predicted octanol–water partition coefficient (Wildman–Crippen LogP) is 4.54. The van der Waals surface area contributed by atoms with Crippen LogP contribution in [0.5, 0.6) is 0 Å². The number of hydrogen-bond donors (Lipinski definition) is 0. The van der Waals surface area contributed by atoms with Crippen LogP contribution in [0.3, 0.4) is 0 Å². The van der Waals surface area contributed by atoms with Gasteiger partial charge in [0, 0.05) is 0 Å². The molecular formula is C12H26Mg. The van der Waals surface area contributed by atoms with Crippen molar-refractivity contribution in [3.63, 3.8) is 0 Å². The van der Waals surface area contributed by atoms with E-state index in [1.165, 1.54) is 25.7 Å². The molecule has 2 unspecified atom stereocenters. The van der Waals surface area contributed by atoms with Crippen molar-refractivity contribution in [1.29, 1.82) is 0 Å². The summed E-state index contributed by atoms with van der Waals surface area (Å²) in [6, 6.07) is 0. The highest BCUT2D eigenvalue weighted by molar-refractivity contribution is 6.39. The van der Waals surface area contributed by atoms with Gasteiger partial charge in [0.25, 0.3) is 0 Å². The molecule has 76 valence electrons. The van der Waals surface area contributed by atoms with Crippen LogP contribution in [0.25, 0.3) is 0 Å². The molecule has 0 aromatic rings. The van der Waals surface area contributed by atoms with E-state index in [9.17, 15) is 0 Å². The Bertz CT molecular complexity index is 110. The summed E-state index contributed by atoms with van der Waals surface area (Å²) in [5.74, 6) is 0.937. The molecule has 0 spiro atoms. The van der Waals surface area contributed by atoms with Crippen LogP contribution < -0.4 is 0 Å². The summed E-state index contributed by atoms with van der Waals surface area (Å²) in [4.78, 5) is 0. The van der Waals surface area contributed by atoms with Gasteiger partial charge in [-0.25, -0.2) is 0 Å². The molecule has 0 amide bonds. The van der Waals surface area contributed by atoms with E-state index in [-0.39, 0.29) is 20.4 Å². The maximum absolute atomic E-state index is 2.45. The van der Waals surface area contributed by atoms with Crippen molar-refractivity contribution in [2.24, 2.45) is 5.92 Å². The zero-order chi connectivity index (χ0) is 10.3. The molecule has 13 heavy (non-hydrogen) atoms. The minimum Gasteiger partial charge on any atom is -0.137 e. The van der Waals surface area contributed by atoms with Gasteiger partial charge in [-0.2, -0.15) is 0 Å². The van der Waals surface area contributed by atoms with Crippen molar-refractivity contribution < 1.29 is 0 Å². The van der Waals surface area contributed by atoms with Crippen LogP contribution in [0.15, 0.2) is 0 Å². The summed E-state index contributed by atoms with van der Waals surface area (Å²) in [7, 11) is 0. The highest BCUT2D eigenvalue weighted by atomic mass is 24.5. The molecule has 0 N–H and O–H groups in total. The largest absolute Gasteiger partial charge is 0.373 e. The fraction of sp³-hybridized carbons (Fsp3) is 1.00. The maximum atomic E-state index is 2.45. The zero-order valence-electron chi connectivity index (χ0n) is 10.3. The molecule has 0 radical (unpaired) electrons. The lowest BCUT2D eigenvalue weighted by atomic mass is 10.0. The molecule has 0 heterocycles. The van der Waals surface area contributed by atoms with Gasteiger partial charge in [0.1, 0.15) is 0 Å². The lowest BCUT2D eigenvalue weighted by Crippen LogP contribution is -2.14. The molecule has 0 saturated carbocycles. The van der Waals surface area contributed by atoms with E-state index >= 15 is 0 Å². The number of hydrogen-bond acceptors (Lipinski definition) is 0. The summed E-state index contributed by atoms with van der Waals surface area (Å²) in [5.41, 5.74) is 0. The highest BCUT2D eigenvalue weighted by Gasteiger charge is 2.18. The van der Waals surface area contributed by atoms with Crippen LogP contribution >= 0.6 is 0 Å². The average Bonchev–Trinajstić information content (AvgIpc) is 2.11. The molecular weight excluding hydrogens is 168 g/mol. The first-order valence-corrected chi connectivity index (χ1v) is 7.75. The van der Waals surface area contributed by atoms with Crippen molar-refractivity contribution >= 4 is 20.4 Å². The lowest BCUT2D eigenvalue weighted by Gasteiger charge is -2.22. The second-order valence-corrected chi connectivity index (χ2v) is 7.81. The summed E-state index contributed by atoms with van der Waals surface area (Å²) in [6.07, 6.45) is 5.73. The smallest absolute Gasteiger partial charge is 0.137 e. The highest BCUT2D eigenvalue weighted by Crippen LogP contribution is 2.27. The zero-order valence-corrected chi connectivity index (χ0v) is 11.7. The molecule has 0 fully saturated rings. The molecule has 0 bridgehead atoms. The minimum atomic E-state index is 0.182. The fourth-order valence-electron chi connectivity index (χ4n) is 1.87. The van der Waals surface area contributed by atoms with Gasteiger partial charge in [-0.15, -0.1) is 8.09 Å². The van der Waals surface area contributed by atoms with Crippen LogP contribution in [-0.2, 0) is 0 Å². The first-order chi connectivity index (χ1) is 6.11. The Morgan fingerprint density at radius 3 is 2.08 bits per heavy atom. The molecule has 0 saturated heterocycles. The minimum absolute atomic E-state index is 0.182. The van der Waals surface area contributed by atoms with E-state index in [4.69, 9.17) is 0 Å². The summed E-state index contributed by atoms with van der Waals surface area (Å²) < 4.78 is 2.17. The molecule has 0 aromatic heterocycles. The Balaban J connectivity index is 3.79. The van der Waals surface area contributed by atoms with Crippen molar-refractivity contribution in [3.8, 4) is 0 Å². The Morgan fingerprint density at radius 2 is 1.69 bits per heavy atom. The van der Waals surface area contributed by atoms with Crippen molar-refractivity contribution in [1.82, 2.24) is 0 Å². The van der Waals surface area contributed by atoms with Crippen molar-refractivity contribution in [2.75, 3.05) is 0 Å². The molecule has 2 atom stereocenters. The summed E-state index contributed by atoms with van der Waals surface area (Å²) >= 11 is 0.182. The number of unbranched alkanes of at least 4 members (excludes halogenated alkanes) is 1. The number of rotatable bonds is 7. The van der Waals surface area contributed by atoms with Gasteiger partial charge in [-0.05, 0) is 0 Å². The standard InChI is InChI=1S/C8H17.C4H9.Mg/c1-4-5-6-7-8(2)3;1-3-4-2;/h7-8H,4-6H2,1-3H3;3H,4H2,1-2H3;. The quantitative estimate of drug-likeness (QED) is 0.522. The van der Waals surface area contributed by atoms with Gasteiger partial charge in [0.2, 0.25) is 0 Å². The first kappa shape index (κ1) is 13.8. The molecule has 0 nitrogen and oxygen atoms in total. The van der Waals surface area contributed by atoms with Gasteiger partial charge < -0.3 is 0 Å². The van der Waals surface area contributed by atoms with E-state index in [1.807, 2.05) is 0 Å². The second kappa shape index (κ2) is 8.11. The summed E-state index contributed by atoms with van der Waals surface area (Å²) in [6.45, 7) is 11.9. The Kier molecular flexibility index (Phi) is 8.58. The Hall–Kier alpha value is 0.766. The summed E-state index contributed by atoms with van der Waals surface area (Å²) in [5, 5.41) is 0. The van der Waals surface area contributed by atoms with Gasteiger partial charge in [-0.1, -0.05) is 66.2 Å². The fourth-order valence-corrected chi connectivity index (χ4v) is 4.31. The predicted molar refractivity (Wildman–Crippen MR) is 63.6 cm³/mol. The van der Waals surface area contributed by atoms with Crippen molar-refractivity contribution in [2.45, 2.75) is 68.4 Å². The maximum Gasteiger partial charge on any atom is 0.373 e. The van der Waals surface area contributed by atoms with Crippen LogP contribution in [-0.4, -0.2) is 20.4 Å². The van der Waals surface area contributed by atoms with Gasteiger partial charge >= 0.3 is 20.4 Å². The van der Waals surface area contributed by atoms with Crippen LogP contribution in [0.4, 0.5) is 0 Å². The lowest BCUT2D eigenvalue weighted by molar-refractivity contribution is 0.523. The molecule has 0 aliphatic heterocycles. The Labute approximate surface area is 94.6 Å². The normalized spacial score (nSPS) is 15.5. The van der Waals surface area contributed by atoms with Crippen LogP contribution in [0.2, 0.25) is 8.09 Å². The third kappa shape index (κ3) is 6.79. The topological polar surface area (TPSA) is 0 Å². The van der Waals surface area contributed by atoms with Crippen LogP contribution in [0, 0.1) is 5.92 Å². The third-order valence-electron chi connectivity index (χ3n) is 3.27. The van der Waals surface area contributed by atoms with E-state index in [0.29, 0.717) is 0 Å². The first-order valence-electron chi connectivity index (χ1n) is 6.11. The van der Waals surface area contributed by atoms with E-state index in [0.717, 1.165) is 14.0 Å². The monoisotopic (exact) mass is 194 g/mol. The molecule has 1 heteroatoms. The molecule has 0 aliphatic carbocycles. The third-order valence-corrected chi connectivity index (χ3v) is 6.61. The van der Waals surface area contributed by atoms with Gasteiger partial charge in [0.15, 0.2) is 0 Å². The van der Waals surface area contributed by atoms with Crippen LogP contribution in [0.1, 0.15) is 60.3 Å². The molecule has 0 aromatic carbocycles. The van der Waals surface area contributed by atoms with E-state index in [2.05, 4.69) is 34.6 Å². The second-order valence-electron chi connectivity index (χ2n) is 4.90. The van der Waals surface area contributed by atoms with E-state index in [1.54, 1.807) is 0 Å². The average molecular weight is 195 g/mol. The molecule has 0 aliphatic rings. The van der Waals surface area contributed by atoms with Gasteiger partial charge in [0.05, 0.1) is 0 Å². The Morgan fingerprint density at radius 1 is 1.08 bits per heavy atom. The SMILES string of the molecule is CCCC[CH]([Mg][CH](C)CC)C(C)C. The van der Waals surface area contributed by atoms with Crippen molar-refractivity contribution in [3.05, 3.63) is 0 Å². The van der Waals surface area contributed by atoms with Gasteiger partial charge in [-0.3, -0.25) is 0 Å². The molecule has 0 rings (SSSR count).